The predicted octanol–water partition coefficient (Wildman–Crippen LogP) is -0.0523. The highest BCUT2D eigenvalue weighted by atomic mass is 16.3. The lowest BCUT2D eigenvalue weighted by Gasteiger charge is -2.41. The Morgan fingerprint density at radius 1 is 1.06 bits per heavy atom. The van der Waals surface area contributed by atoms with Crippen LogP contribution in [0.2, 0.25) is 0 Å². The van der Waals surface area contributed by atoms with Gasteiger partial charge in [-0.3, -0.25) is 0 Å². The van der Waals surface area contributed by atoms with Crippen LogP contribution in [0.1, 0.15) is 32.6 Å². The fourth-order valence-electron chi connectivity index (χ4n) is 2.66. The van der Waals surface area contributed by atoms with Gasteiger partial charge in [-0.05, 0) is 45.7 Å². The van der Waals surface area contributed by atoms with Crippen LogP contribution < -0.4 is 5.32 Å². The summed E-state index contributed by atoms with van der Waals surface area (Å²) in [6.45, 7) is 6.32. The lowest BCUT2D eigenvalue weighted by atomic mass is 9.89. The maximum atomic E-state index is 10.4. The Bertz CT molecular complexity index is 227. The van der Waals surface area contributed by atoms with Gasteiger partial charge >= 0.3 is 0 Å². The fourth-order valence-corrected chi connectivity index (χ4v) is 2.66. The van der Waals surface area contributed by atoms with Crippen LogP contribution in [-0.2, 0) is 0 Å². The van der Waals surface area contributed by atoms with E-state index in [0.717, 1.165) is 58.4 Å². The predicted molar refractivity (Wildman–Crippen MR) is 63.4 cm³/mol. The van der Waals surface area contributed by atoms with E-state index in [0.29, 0.717) is 0 Å². The number of aliphatic hydroxyl groups is 2. The van der Waals surface area contributed by atoms with Crippen LogP contribution >= 0.6 is 0 Å². The third kappa shape index (κ3) is 3.17. The molecule has 0 spiro atoms. The molecule has 0 unspecified atom stereocenters. The maximum Gasteiger partial charge on any atom is 0.0798 e. The molecular formula is C12H24N2O2. The smallest absolute Gasteiger partial charge is 0.0798 e. The summed E-state index contributed by atoms with van der Waals surface area (Å²) in [7, 11) is 0. The molecule has 0 amide bonds. The highest BCUT2D eigenvalue weighted by molar-refractivity contribution is 4.90. The van der Waals surface area contributed by atoms with Crippen molar-refractivity contribution in [2.75, 3.05) is 32.7 Å². The highest BCUT2D eigenvalue weighted by Crippen LogP contribution is 2.25. The number of hydrogen-bond donors (Lipinski definition) is 3. The van der Waals surface area contributed by atoms with E-state index in [-0.39, 0.29) is 0 Å². The molecule has 0 aromatic carbocycles. The average molecular weight is 228 g/mol. The van der Waals surface area contributed by atoms with Crippen molar-refractivity contribution in [3.05, 3.63) is 0 Å². The van der Waals surface area contributed by atoms with E-state index >= 15 is 0 Å². The number of likely N-dealkylation sites (tertiary alicyclic amines) is 1. The van der Waals surface area contributed by atoms with E-state index in [1.807, 2.05) is 6.92 Å². The van der Waals surface area contributed by atoms with Crippen LogP contribution in [0.15, 0.2) is 0 Å². The SMILES string of the molecule is CC1(O)CCN(CC2(O)CCNCC2)CC1. The Balaban J connectivity index is 1.81. The van der Waals surface area contributed by atoms with Gasteiger partial charge in [-0.2, -0.15) is 0 Å². The molecule has 2 heterocycles. The standard InChI is InChI=1S/C12H24N2O2/c1-11(15)4-8-14(9-5-11)10-12(16)2-6-13-7-3-12/h13,15-16H,2-10H2,1H3. The monoisotopic (exact) mass is 228 g/mol. The van der Waals surface area contributed by atoms with Crippen LogP contribution in [0.3, 0.4) is 0 Å². The van der Waals surface area contributed by atoms with Crippen molar-refractivity contribution in [3.63, 3.8) is 0 Å². The quantitative estimate of drug-likeness (QED) is 0.620. The van der Waals surface area contributed by atoms with Crippen LogP contribution in [0.4, 0.5) is 0 Å². The zero-order valence-corrected chi connectivity index (χ0v) is 10.2. The summed E-state index contributed by atoms with van der Waals surface area (Å²) in [5.74, 6) is 0. The Labute approximate surface area is 97.6 Å². The molecule has 94 valence electrons. The van der Waals surface area contributed by atoms with E-state index in [2.05, 4.69) is 10.2 Å². The number of hydrogen-bond acceptors (Lipinski definition) is 4. The Morgan fingerprint density at radius 3 is 2.19 bits per heavy atom. The van der Waals surface area contributed by atoms with Gasteiger partial charge < -0.3 is 20.4 Å². The van der Waals surface area contributed by atoms with E-state index in [4.69, 9.17) is 0 Å². The summed E-state index contributed by atoms with van der Waals surface area (Å²) in [6, 6.07) is 0. The summed E-state index contributed by atoms with van der Waals surface area (Å²) in [4.78, 5) is 2.29. The van der Waals surface area contributed by atoms with E-state index < -0.39 is 11.2 Å². The van der Waals surface area contributed by atoms with Crippen LogP contribution in [0, 0.1) is 0 Å². The summed E-state index contributed by atoms with van der Waals surface area (Å²) >= 11 is 0. The lowest BCUT2D eigenvalue weighted by Crippen LogP contribution is -2.53. The molecule has 0 aliphatic carbocycles. The van der Waals surface area contributed by atoms with Gasteiger partial charge in [0.15, 0.2) is 0 Å². The van der Waals surface area contributed by atoms with Gasteiger partial charge in [-0.1, -0.05) is 0 Å². The number of piperidine rings is 2. The summed E-state index contributed by atoms with van der Waals surface area (Å²) in [5.41, 5.74) is -0.998. The molecule has 4 nitrogen and oxygen atoms in total. The number of nitrogens with one attached hydrogen (secondary N) is 1. The van der Waals surface area contributed by atoms with Crippen molar-refractivity contribution in [1.29, 1.82) is 0 Å². The maximum absolute atomic E-state index is 10.4. The van der Waals surface area contributed by atoms with Crippen molar-refractivity contribution in [2.24, 2.45) is 0 Å². The normalized spacial score (nSPS) is 30.2. The summed E-state index contributed by atoms with van der Waals surface area (Å²) in [6.07, 6.45) is 3.34. The highest BCUT2D eigenvalue weighted by Gasteiger charge is 2.34. The van der Waals surface area contributed by atoms with E-state index in [1.54, 1.807) is 0 Å². The minimum atomic E-state index is -0.506. The average Bonchev–Trinajstić information content (AvgIpc) is 2.22. The summed E-state index contributed by atoms with van der Waals surface area (Å²) in [5, 5.41) is 23.5. The molecule has 0 saturated carbocycles. The topological polar surface area (TPSA) is 55.7 Å². The van der Waals surface area contributed by atoms with Gasteiger partial charge in [-0.25, -0.2) is 0 Å². The van der Waals surface area contributed by atoms with Gasteiger partial charge in [0.05, 0.1) is 11.2 Å². The van der Waals surface area contributed by atoms with Crippen LogP contribution in [0.25, 0.3) is 0 Å². The second kappa shape index (κ2) is 4.61. The van der Waals surface area contributed by atoms with Crippen molar-refractivity contribution in [1.82, 2.24) is 10.2 Å². The van der Waals surface area contributed by atoms with Crippen molar-refractivity contribution in [2.45, 2.75) is 43.8 Å². The summed E-state index contributed by atoms with van der Waals surface area (Å²) < 4.78 is 0. The molecule has 2 aliphatic rings. The molecule has 2 rings (SSSR count). The van der Waals surface area contributed by atoms with Gasteiger partial charge in [0, 0.05) is 19.6 Å². The number of nitrogens with zero attached hydrogens (tertiary/aromatic N) is 1. The number of rotatable bonds is 2. The minimum absolute atomic E-state index is 0.493. The second-order valence-corrected chi connectivity index (χ2v) is 5.75. The van der Waals surface area contributed by atoms with Crippen LogP contribution in [-0.4, -0.2) is 59.0 Å². The fraction of sp³-hybridized carbons (Fsp3) is 1.00. The lowest BCUT2D eigenvalue weighted by molar-refractivity contribution is -0.0540. The first kappa shape index (κ1) is 12.3. The molecule has 0 bridgehead atoms. The first-order valence-electron chi connectivity index (χ1n) is 6.37. The molecule has 2 aliphatic heterocycles. The van der Waals surface area contributed by atoms with E-state index in [1.165, 1.54) is 0 Å². The molecule has 16 heavy (non-hydrogen) atoms. The molecule has 0 radical (unpaired) electrons. The molecular weight excluding hydrogens is 204 g/mol. The van der Waals surface area contributed by atoms with Crippen molar-refractivity contribution < 1.29 is 10.2 Å². The van der Waals surface area contributed by atoms with Gasteiger partial charge in [0.1, 0.15) is 0 Å². The number of β-amino-alcohol motifs (C(OH)–C–C–N with tert-alkyl or cyclic N) is 1. The molecule has 3 N–H and O–H groups in total. The zero-order valence-electron chi connectivity index (χ0n) is 10.2. The third-order valence-electron chi connectivity index (χ3n) is 3.99. The molecule has 2 fully saturated rings. The van der Waals surface area contributed by atoms with E-state index in [9.17, 15) is 10.2 Å². The molecule has 4 heteroatoms. The van der Waals surface area contributed by atoms with Crippen LogP contribution in [0.5, 0.6) is 0 Å². The van der Waals surface area contributed by atoms with Gasteiger partial charge in [0.2, 0.25) is 0 Å². The Kier molecular flexibility index (Phi) is 3.54. The first-order valence-corrected chi connectivity index (χ1v) is 6.37. The molecule has 0 aromatic rings. The van der Waals surface area contributed by atoms with Crippen molar-refractivity contribution >= 4 is 0 Å². The zero-order chi connectivity index (χ0) is 11.6. The van der Waals surface area contributed by atoms with Crippen molar-refractivity contribution in [3.8, 4) is 0 Å². The third-order valence-corrected chi connectivity index (χ3v) is 3.99. The Hall–Kier alpha value is -0.160. The minimum Gasteiger partial charge on any atom is -0.390 e. The van der Waals surface area contributed by atoms with Gasteiger partial charge in [0.25, 0.3) is 0 Å². The largest absolute Gasteiger partial charge is 0.390 e. The van der Waals surface area contributed by atoms with Gasteiger partial charge in [-0.15, -0.1) is 0 Å². The Morgan fingerprint density at radius 2 is 1.62 bits per heavy atom. The first-order chi connectivity index (χ1) is 7.49. The molecule has 2 saturated heterocycles. The molecule has 0 atom stereocenters. The second-order valence-electron chi connectivity index (χ2n) is 5.75. The molecule has 0 aromatic heterocycles.